The number of aliphatic hydroxyl groups is 1. The maximum Gasteiger partial charge on any atom is 0.472 e. The maximum absolute atomic E-state index is 12.6. The number of allylic oxidation sites excluding steroid dienone is 6. The second kappa shape index (κ2) is 38.0. The maximum atomic E-state index is 12.6. The van der Waals surface area contributed by atoms with Gasteiger partial charge in [0, 0.05) is 19.3 Å². The highest BCUT2D eigenvalue weighted by Gasteiger charge is 2.28. The molecule has 16 heteroatoms. The predicted octanol–water partition coefficient (Wildman–Crippen LogP) is 10.1. The van der Waals surface area contributed by atoms with Gasteiger partial charge in [0.15, 0.2) is 11.9 Å². The molecule has 0 saturated heterocycles. The van der Waals surface area contributed by atoms with Gasteiger partial charge in [-0.1, -0.05) is 128 Å². The number of carbonyl (C=O) groups excluding carboxylic acids is 3. The highest BCUT2D eigenvalue weighted by molar-refractivity contribution is 7.47. The van der Waals surface area contributed by atoms with E-state index in [-0.39, 0.29) is 18.6 Å². The predicted molar refractivity (Wildman–Crippen MR) is 226 cm³/mol. The van der Waals surface area contributed by atoms with E-state index in [9.17, 15) is 33.5 Å². The topological polar surface area (TPSA) is 212 Å². The van der Waals surface area contributed by atoms with Gasteiger partial charge in [-0.2, -0.15) is 0 Å². The van der Waals surface area contributed by atoms with Crippen LogP contribution in [0.4, 0.5) is 0 Å². The summed E-state index contributed by atoms with van der Waals surface area (Å²) in [5.41, 5.74) is 0. The molecule has 3 atom stereocenters. The number of phosphoric ester groups is 2. The Balaban J connectivity index is 4.61. The minimum atomic E-state index is -4.87. The van der Waals surface area contributed by atoms with E-state index in [1.54, 1.807) is 12.2 Å². The van der Waals surface area contributed by atoms with Crippen molar-refractivity contribution >= 4 is 33.4 Å². The molecule has 0 fully saturated rings. The summed E-state index contributed by atoms with van der Waals surface area (Å²) in [5, 5.41) is 9.74. The van der Waals surface area contributed by atoms with Crippen molar-refractivity contribution in [3.8, 4) is 0 Å². The van der Waals surface area contributed by atoms with Crippen molar-refractivity contribution in [1.82, 2.24) is 0 Å². The Morgan fingerprint density at radius 1 is 0.534 bits per heavy atom. The Labute approximate surface area is 348 Å². The van der Waals surface area contributed by atoms with Crippen LogP contribution in [0.15, 0.2) is 36.5 Å². The third-order valence-electron chi connectivity index (χ3n) is 8.97. The Hall–Kier alpha value is -1.99. The Morgan fingerprint density at radius 3 is 1.60 bits per heavy atom. The van der Waals surface area contributed by atoms with Gasteiger partial charge in [0.25, 0.3) is 0 Å². The molecule has 0 aromatic rings. The van der Waals surface area contributed by atoms with Crippen LogP contribution in [0, 0.1) is 0 Å². The molecule has 0 saturated carbocycles. The van der Waals surface area contributed by atoms with Crippen molar-refractivity contribution in [1.29, 1.82) is 0 Å². The lowest BCUT2D eigenvalue weighted by molar-refractivity contribution is -0.161. The smallest absolute Gasteiger partial charge is 0.462 e. The second-order valence-electron chi connectivity index (χ2n) is 14.6. The van der Waals surface area contributed by atoms with Crippen LogP contribution < -0.4 is 0 Å². The third-order valence-corrected chi connectivity index (χ3v) is 10.4. The standard InChI is InChI=1S/C42H76O14P2/c1-3-5-7-9-11-12-13-14-15-16-17-18-20-24-29-33-42(46)56-40(37-55-58(50,51)54-35-39(44)34-53-57(47,48)49)36-52-41(45)32-28-25-21-23-27-31-38(43)30-26-22-19-10-8-6-4-2/h12-13,19,22,26,30,39-40,44H,3-11,14-18,20-21,23-25,27-29,31-37H2,1-2H3,(H,50,51)(H2,47,48,49)/b13-12-,22-19-,30-26+/t39-,40+/m0/s1. The molecule has 0 aliphatic carbocycles. The monoisotopic (exact) mass is 866 g/mol. The van der Waals surface area contributed by atoms with Crippen LogP contribution >= 0.6 is 15.6 Å². The second-order valence-corrected chi connectivity index (χ2v) is 17.3. The molecule has 1 unspecified atom stereocenters. The zero-order valence-electron chi connectivity index (χ0n) is 35.4. The van der Waals surface area contributed by atoms with Crippen LogP contribution in [0.5, 0.6) is 0 Å². The van der Waals surface area contributed by atoms with E-state index in [0.717, 1.165) is 77.0 Å². The van der Waals surface area contributed by atoms with E-state index in [0.29, 0.717) is 19.3 Å². The van der Waals surface area contributed by atoms with E-state index < -0.39 is 66.2 Å². The van der Waals surface area contributed by atoms with Crippen molar-refractivity contribution in [2.45, 2.75) is 187 Å². The van der Waals surface area contributed by atoms with Gasteiger partial charge >= 0.3 is 27.6 Å². The average molecular weight is 867 g/mol. The number of phosphoric acid groups is 2. The summed E-state index contributed by atoms with van der Waals surface area (Å²) in [6.07, 6.45) is 32.4. The van der Waals surface area contributed by atoms with Crippen molar-refractivity contribution in [2.75, 3.05) is 26.4 Å². The van der Waals surface area contributed by atoms with Crippen LogP contribution in [0.3, 0.4) is 0 Å². The molecule has 0 bridgehead atoms. The molecular formula is C42H76O14P2. The van der Waals surface area contributed by atoms with Gasteiger partial charge in [-0.15, -0.1) is 0 Å². The zero-order chi connectivity index (χ0) is 43.2. The van der Waals surface area contributed by atoms with Crippen LogP contribution in [-0.2, 0) is 46.6 Å². The largest absolute Gasteiger partial charge is 0.472 e. The van der Waals surface area contributed by atoms with Crippen molar-refractivity contribution in [3.63, 3.8) is 0 Å². The Bertz CT molecular complexity index is 1230. The highest BCUT2D eigenvalue weighted by Crippen LogP contribution is 2.43. The van der Waals surface area contributed by atoms with E-state index in [1.807, 2.05) is 6.08 Å². The van der Waals surface area contributed by atoms with Crippen molar-refractivity contribution in [2.24, 2.45) is 0 Å². The van der Waals surface area contributed by atoms with E-state index >= 15 is 0 Å². The fourth-order valence-electron chi connectivity index (χ4n) is 5.62. The minimum Gasteiger partial charge on any atom is -0.462 e. The first-order valence-corrected chi connectivity index (χ1v) is 24.7. The molecule has 4 N–H and O–H groups in total. The first-order chi connectivity index (χ1) is 27.8. The fourth-order valence-corrected chi connectivity index (χ4v) is 6.77. The Morgan fingerprint density at radius 2 is 1.00 bits per heavy atom. The van der Waals surface area contributed by atoms with Gasteiger partial charge < -0.3 is 29.3 Å². The lowest BCUT2D eigenvalue weighted by Crippen LogP contribution is -2.30. The lowest BCUT2D eigenvalue weighted by Gasteiger charge is -2.20. The van der Waals surface area contributed by atoms with Gasteiger partial charge in [0.2, 0.25) is 0 Å². The lowest BCUT2D eigenvalue weighted by atomic mass is 10.1. The first-order valence-electron chi connectivity index (χ1n) is 21.6. The number of hydrogen-bond donors (Lipinski definition) is 4. The normalized spacial score (nSPS) is 14.3. The summed E-state index contributed by atoms with van der Waals surface area (Å²) in [6, 6.07) is 0. The molecule has 0 amide bonds. The van der Waals surface area contributed by atoms with Gasteiger partial charge in [0.1, 0.15) is 12.7 Å². The molecule has 338 valence electrons. The quantitative estimate of drug-likeness (QED) is 0.0112. The summed E-state index contributed by atoms with van der Waals surface area (Å²) in [6.45, 7) is 1.56. The van der Waals surface area contributed by atoms with Crippen LogP contribution in [0.25, 0.3) is 0 Å². The number of rotatable bonds is 41. The molecular weight excluding hydrogens is 790 g/mol. The number of esters is 2. The molecule has 0 heterocycles. The van der Waals surface area contributed by atoms with E-state index in [1.165, 1.54) is 51.4 Å². The summed E-state index contributed by atoms with van der Waals surface area (Å²) in [7, 11) is -9.71. The summed E-state index contributed by atoms with van der Waals surface area (Å²) in [5.74, 6) is -1.04. The number of aliphatic hydroxyl groups excluding tert-OH is 1. The zero-order valence-corrected chi connectivity index (χ0v) is 37.2. The van der Waals surface area contributed by atoms with Crippen LogP contribution in [0.1, 0.15) is 174 Å². The summed E-state index contributed by atoms with van der Waals surface area (Å²) >= 11 is 0. The molecule has 0 radical (unpaired) electrons. The fraction of sp³-hybridized carbons (Fsp3) is 0.786. The summed E-state index contributed by atoms with van der Waals surface area (Å²) < 4.78 is 47.7. The van der Waals surface area contributed by atoms with Gasteiger partial charge in [-0.05, 0) is 63.9 Å². The molecule has 0 aliphatic heterocycles. The van der Waals surface area contributed by atoms with Crippen molar-refractivity contribution in [3.05, 3.63) is 36.5 Å². The van der Waals surface area contributed by atoms with Crippen LogP contribution in [0.2, 0.25) is 0 Å². The van der Waals surface area contributed by atoms with Crippen molar-refractivity contribution < 1.29 is 66.3 Å². The molecule has 0 spiro atoms. The first kappa shape index (κ1) is 56.0. The number of carbonyl (C=O) groups is 3. The van der Waals surface area contributed by atoms with Gasteiger partial charge in [0.05, 0.1) is 19.8 Å². The number of unbranched alkanes of at least 4 members (excludes halogenated alkanes) is 18. The number of ketones is 1. The molecule has 0 rings (SSSR count). The van der Waals surface area contributed by atoms with Gasteiger partial charge in [-0.25, -0.2) is 9.13 Å². The SMILES string of the molecule is CCCCC/C=C\C=C\C(=O)CCCCCCCC(=O)OC[C@H](COP(=O)(O)OC[C@@H](O)COP(=O)(O)O)OC(=O)CCCCCCCCC/C=C\CCCCCC. The minimum absolute atomic E-state index is 0.0866. The van der Waals surface area contributed by atoms with Crippen LogP contribution in [-0.4, -0.2) is 76.1 Å². The highest BCUT2D eigenvalue weighted by atomic mass is 31.2. The number of hydrogen-bond acceptors (Lipinski definition) is 11. The summed E-state index contributed by atoms with van der Waals surface area (Å²) in [4.78, 5) is 64.7. The average Bonchev–Trinajstić information content (AvgIpc) is 3.17. The van der Waals surface area contributed by atoms with Gasteiger partial charge in [-0.3, -0.25) is 28.0 Å². The molecule has 0 aromatic carbocycles. The molecule has 0 aromatic heterocycles. The molecule has 14 nitrogen and oxygen atoms in total. The molecule has 58 heavy (non-hydrogen) atoms. The van der Waals surface area contributed by atoms with E-state index in [4.69, 9.17) is 23.8 Å². The Kier molecular flexibility index (Phi) is 36.7. The molecule has 0 aliphatic rings. The number of ether oxygens (including phenoxy) is 2. The third kappa shape index (κ3) is 40.8. The van der Waals surface area contributed by atoms with E-state index in [2.05, 4.69) is 41.1 Å².